The van der Waals surface area contributed by atoms with E-state index in [2.05, 4.69) is 20.5 Å². The molecular weight excluding hydrogens is 616 g/mol. The summed E-state index contributed by atoms with van der Waals surface area (Å²) in [6.07, 6.45) is 5.15. The molecule has 0 spiro atoms. The molecular formula is C36H36N4O6S. The Morgan fingerprint density at radius 1 is 0.851 bits per heavy atom. The number of hydrogen-bond acceptors (Lipinski definition) is 8. The molecule has 2 aliphatic rings. The predicted molar refractivity (Wildman–Crippen MR) is 182 cm³/mol. The number of carboxylic acids is 1. The number of nitrogens with zero attached hydrogens (tertiary/aromatic N) is 2. The lowest BCUT2D eigenvalue weighted by molar-refractivity contribution is -0.136. The van der Waals surface area contributed by atoms with Crippen LogP contribution in [0.3, 0.4) is 0 Å². The van der Waals surface area contributed by atoms with E-state index in [0.717, 1.165) is 42.7 Å². The van der Waals surface area contributed by atoms with Gasteiger partial charge in [0.1, 0.15) is 0 Å². The maximum Gasteiger partial charge on any atom is 0.304 e. The van der Waals surface area contributed by atoms with Gasteiger partial charge in [-0.15, -0.1) is 0 Å². The molecule has 0 aliphatic carbocycles. The van der Waals surface area contributed by atoms with E-state index in [1.807, 2.05) is 54.6 Å². The van der Waals surface area contributed by atoms with Crippen LogP contribution in [0.15, 0.2) is 79.0 Å². The summed E-state index contributed by atoms with van der Waals surface area (Å²) < 4.78 is 10.8. The number of thioether (sulfide) groups is 1. The first-order valence-corrected chi connectivity index (χ1v) is 16.8. The molecule has 0 atom stereocenters. The van der Waals surface area contributed by atoms with Crippen molar-refractivity contribution in [2.45, 2.75) is 38.0 Å². The van der Waals surface area contributed by atoms with Gasteiger partial charge in [-0.05, 0) is 85.0 Å². The van der Waals surface area contributed by atoms with Gasteiger partial charge in [0.2, 0.25) is 6.79 Å². The van der Waals surface area contributed by atoms with Gasteiger partial charge in [0.25, 0.3) is 11.8 Å². The van der Waals surface area contributed by atoms with Crippen molar-refractivity contribution in [3.63, 3.8) is 0 Å². The summed E-state index contributed by atoms with van der Waals surface area (Å²) in [6.45, 7) is 2.42. The Balaban J connectivity index is 1.21. The molecule has 4 aromatic rings. The van der Waals surface area contributed by atoms with E-state index >= 15 is 0 Å². The molecule has 3 N–H and O–H groups in total. The second kappa shape index (κ2) is 15.0. The van der Waals surface area contributed by atoms with Crippen LogP contribution in [0, 0.1) is 0 Å². The van der Waals surface area contributed by atoms with Crippen molar-refractivity contribution < 1.29 is 29.0 Å². The molecule has 47 heavy (non-hydrogen) atoms. The molecule has 0 saturated carbocycles. The van der Waals surface area contributed by atoms with Crippen molar-refractivity contribution in [3.8, 4) is 22.8 Å². The molecule has 10 nitrogen and oxygen atoms in total. The summed E-state index contributed by atoms with van der Waals surface area (Å²) in [5.41, 5.74) is 5.68. The van der Waals surface area contributed by atoms with Gasteiger partial charge in [-0.2, -0.15) is 11.8 Å². The molecule has 2 aliphatic heterocycles. The number of amides is 2. The van der Waals surface area contributed by atoms with E-state index in [1.165, 1.54) is 18.2 Å². The standard InChI is InChI=1S/C36H36N4O6S/c41-34(42)12-16-47-22-25-5-4-6-26(17-25)36(44)39-30-9-8-28(40-14-2-1-3-15-40)20-29(30)31-19-27(11-13-37-31)35(43)38-21-24-7-10-32-33(18-24)46-23-45-32/h4-11,13,17-20H,1-3,12,14-16,21-23H2,(H,38,43)(H,39,44)(H,41,42). The summed E-state index contributed by atoms with van der Waals surface area (Å²) >= 11 is 1.52. The van der Waals surface area contributed by atoms with Crippen molar-refractivity contribution in [2.75, 3.05) is 35.9 Å². The number of pyridine rings is 1. The van der Waals surface area contributed by atoms with E-state index in [-0.39, 0.29) is 25.0 Å². The average Bonchev–Trinajstić information content (AvgIpc) is 3.58. The lowest BCUT2D eigenvalue weighted by Crippen LogP contribution is -2.29. The van der Waals surface area contributed by atoms with Crippen LogP contribution in [-0.4, -0.2) is 53.5 Å². The number of aliphatic carboxylic acids is 1. The molecule has 0 radical (unpaired) electrons. The van der Waals surface area contributed by atoms with Crippen LogP contribution >= 0.6 is 11.8 Å². The number of fused-ring (bicyclic) bond motifs is 1. The van der Waals surface area contributed by atoms with Crippen molar-refractivity contribution in [3.05, 3.63) is 101 Å². The first-order valence-electron chi connectivity index (χ1n) is 15.6. The average molecular weight is 653 g/mol. The van der Waals surface area contributed by atoms with Crippen molar-refractivity contribution in [1.82, 2.24) is 10.3 Å². The Hall–Kier alpha value is -5.03. The number of nitrogens with one attached hydrogen (secondary N) is 2. The number of anilines is 2. The largest absolute Gasteiger partial charge is 0.481 e. The third-order valence-electron chi connectivity index (χ3n) is 8.08. The van der Waals surface area contributed by atoms with Crippen LogP contribution < -0.4 is 25.0 Å². The normalized spacial score (nSPS) is 13.7. The predicted octanol–water partition coefficient (Wildman–Crippen LogP) is 6.36. The molecule has 242 valence electrons. The minimum Gasteiger partial charge on any atom is -0.481 e. The van der Waals surface area contributed by atoms with Crippen LogP contribution in [0.4, 0.5) is 11.4 Å². The zero-order valence-electron chi connectivity index (χ0n) is 25.9. The number of ether oxygens (including phenoxy) is 2. The molecule has 3 heterocycles. The molecule has 0 unspecified atom stereocenters. The molecule has 1 fully saturated rings. The highest BCUT2D eigenvalue weighted by Gasteiger charge is 2.19. The maximum atomic E-state index is 13.5. The second-order valence-corrected chi connectivity index (χ2v) is 12.5. The van der Waals surface area contributed by atoms with Gasteiger partial charge < -0.3 is 30.1 Å². The summed E-state index contributed by atoms with van der Waals surface area (Å²) in [4.78, 5) is 44.6. The monoisotopic (exact) mass is 652 g/mol. The first-order chi connectivity index (χ1) is 22.9. The zero-order valence-corrected chi connectivity index (χ0v) is 26.7. The van der Waals surface area contributed by atoms with E-state index in [4.69, 9.17) is 14.6 Å². The van der Waals surface area contributed by atoms with Crippen molar-refractivity contribution in [1.29, 1.82) is 0 Å². The SMILES string of the molecule is O=C(O)CCSCc1cccc(C(=O)Nc2ccc(N3CCCCC3)cc2-c2cc(C(=O)NCc3ccc4c(c3)OCO4)ccn2)c1. The van der Waals surface area contributed by atoms with Gasteiger partial charge >= 0.3 is 5.97 Å². The van der Waals surface area contributed by atoms with Crippen molar-refractivity contribution in [2.24, 2.45) is 0 Å². The van der Waals surface area contributed by atoms with Crippen LogP contribution in [0.25, 0.3) is 11.3 Å². The molecule has 11 heteroatoms. The lowest BCUT2D eigenvalue weighted by atomic mass is 10.0. The van der Waals surface area contributed by atoms with Gasteiger partial charge in [0.05, 0.1) is 17.8 Å². The number of piperidine rings is 1. The fourth-order valence-corrected chi connectivity index (χ4v) is 6.48. The Morgan fingerprint density at radius 2 is 1.68 bits per heavy atom. The summed E-state index contributed by atoms with van der Waals surface area (Å²) in [6, 6.07) is 22.3. The highest BCUT2D eigenvalue weighted by Crippen LogP contribution is 2.34. The number of carbonyl (C=O) groups excluding carboxylic acids is 2. The first kappa shape index (κ1) is 31.9. The van der Waals surface area contributed by atoms with Gasteiger partial charge in [0.15, 0.2) is 11.5 Å². The summed E-state index contributed by atoms with van der Waals surface area (Å²) in [7, 11) is 0. The number of rotatable bonds is 12. The highest BCUT2D eigenvalue weighted by atomic mass is 32.2. The van der Waals surface area contributed by atoms with E-state index < -0.39 is 5.97 Å². The van der Waals surface area contributed by atoms with E-state index in [1.54, 1.807) is 24.4 Å². The number of hydrogen-bond donors (Lipinski definition) is 3. The Kier molecular flexibility index (Phi) is 10.2. The lowest BCUT2D eigenvalue weighted by Gasteiger charge is -2.29. The number of carboxylic acid groups (broad SMARTS) is 1. The van der Waals surface area contributed by atoms with Crippen molar-refractivity contribution >= 4 is 40.9 Å². The van der Waals surface area contributed by atoms with Crippen LogP contribution in [0.2, 0.25) is 0 Å². The Morgan fingerprint density at radius 3 is 2.53 bits per heavy atom. The summed E-state index contributed by atoms with van der Waals surface area (Å²) in [5, 5.41) is 14.9. The molecule has 1 aromatic heterocycles. The third-order valence-corrected chi connectivity index (χ3v) is 9.11. The molecule has 1 saturated heterocycles. The molecule has 6 rings (SSSR count). The number of benzene rings is 3. The Bertz CT molecular complexity index is 1770. The van der Waals surface area contributed by atoms with E-state index in [9.17, 15) is 14.4 Å². The molecule has 3 aromatic carbocycles. The van der Waals surface area contributed by atoms with Crippen LogP contribution in [0.5, 0.6) is 11.5 Å². The molecule has 0 bridgehead atoms. The minimum atomic E-state index is -0.824. The second-order valence-electron chi connectivity index (χ2n) is 11.4. The van der Waals surface area contributed by atoms with Crippen LogP contribution in [0.1, 0.15) is 57.5 Å². The quantitative estimate of drug-likeness (QED) is 0.150. The van der Waals surface area contributed by atoms with Crippen LogP contribution in [-0.2, 0) is 17.1 Å². The maximum absolute atomic E-state index is 13.5. The smallest absolute Gasteiger partial charge is 0.304 e. The van der Waals surface area contributed by atoms with Gasteiger partial charge in [0, 0.05) is 59.7 Å². The topological polar surface area (TPSA) is 130 Å². The van der Waals surface area contributed by atoms with Gasteiger partial charge in [-0.3, -0.25) is 19.4 Å². The van der Waals surface area contributed by atoms with Gasteiger partial charge in [-0.25, -0.2) is 0 Å². The Labute approximate surface area is 277 Å². The number of aromatic nitrogens is 1. The van der Waals surface area contributed by atoms with E-state index in [0.29, 0.717) is 57.6 Å². The minimum absolute atomic E-state index is 0.0951. The fraction of sp³-hybridized carbons (Fsp3) is 0.278. The summed E-state index contributed by atoms with van der Waals surface area (Å²) in [5.74, 6) is 1.11. The van der Waals surface area contributed by atoms with Gasteiger partial charge in [-0.1, -0.05) is 18.2 Å². The highest BCUT2D eigenvalue weighted by molar-refractivity contribution is 7.98. The number of carbonyl (C=O) groups is 3. The molecule has 2 amide bonds. The zero-order chi connectivity index (χ0) is 32.6. The third kappa shape index (κ3) is 8.23. The fourth-order valence-electron chi connectivity index (χ4n) is 5.60.